The Morgan fingerprint density at radius 3 is 2.58 bits per heavy atom. The van der Waals surface area contributed by atoms with Crippen molar-refractivity contribution in [2.75, 3.05) is 38.2 Å². The fourth-order valence-electron chi connectivity index (χ4n) is 2.87. The van der Waals surface area contributed by atoms with Crippen molar-refractivity contribution in [2.24, 2.45) is 0 Å². The number of hydrogen-bond acceptors (Lipinski definition) is 4. The first kappa shape index (κ1) is 16.6. The fourth-order valence-corrected chi connectivity index (χ4v) is 3.03. The third-order valence-corrected chi connectivity index (χ3v) is 4.39. The number of methoxy groups -OCH3 is 1. The van der Waals surface area contributed by atoms with E-state index in [0.29, 0.717) is 29.6 Å². The Kier molecular flexibility index (Phi) is 4.90. The van der Waals surface area contributed by atoms with Crippen LogP contribution in [0.1, 0.15) is 15.9 Å². The minimum absolute atomic E-state index is 0.00857. The first-order valence-corrected chi connectivity index (χ1v) is 8.27. The van der Waals surface area contributed by atoms with Gasteiger partial charge in [0.25, 0.3) is 5.91 Å². The molecule has 0 bridgehead atoms. The molecule has 0 atom stereocenters. The summed E-state index contributed by atoms with van der Waals surface area (Å²) in [6.45, 7) is 4.72. The molecule has 0 saturated carbocycles. The van der Waals surface area contributed by atoms with Crippen LogP contribution >= 0.6 is 11.6 Å². The van der Waals surface area contributed by atoms with Crippen molar-refractivity contribution in [3.63, 3.8) is 0 Å². The molecule has 1 fully saturated rings. The predicted octanol–water partition coefficient (Wildman–Crippen LogP) is 3.01. The van der Waals surface area contributed by atoms with Gasteiger partial charge < -0.3 is 14.5 Å². The first-order chi connectivity index (χ1) is 11.6. The maximum atomic E-state index is 12.8. The van der Waals surface area contributed by atoms with E-state index in [4.69, 9.17) is 16.3 Å². The first-order valence-electron chi connectivity index (χ1n) is 7.90. The molecule has 0 unspecified atom stereocenters. The highest BCUT2D eigenvalue weighted by Crippen LogP contribution is 2.23. The van der Waals surface area contributed by atoms with E-state index in [1.54, 1.807) is 13.2 Å². The fraction of sp³-hybridized carbons (Fsp3) is 0.333. The highest BCUT2D eigenvalue weighted by atomic mass is 35.5. The summed E-state index contributed by atoms with van der Waals surface area (Å²) >= 11 is 5.96. The maximum absolute atomic E-state index is 12.8. The smallest absolute Gasteiger partial charge is 0.257 e. The average Bonchev–Trinajstić information content (AvgIpc) is 2.61. The monoisotopic (exact) mass is 345 g/mol. The summed E-state index contributed by atoms with van der Waals surface area (Å²) in [7, 11) is 1.59. The minimum atomic E-state index is 0.00857. The number of benzene rings is 1. The van der Waals surface area contributed by atoms with E-state index >= 15 is 0 Å². The summed E-state index contributed by atoms with van der Waals surface area (Å²) in [5.74, 6) is 1.47. The molecule has 3 rings (SSSR count). The lowest BCUT2D eigenvalue weighted by molar-refractivity contribution is 0.0743. The molecule has 0 N–H and O–H groups in total. The number of carbonyl (C=O) groups excluding carboxylic acids is 1. The van der Waals surface area contributed by atoms with Crippen LogP contribution in [0.15, 0.2) is 36.4 Å². The average molecular weight is 346 g/mol. The Morgan fingerprint density at radius 2 is 1.92 bits per heavy atom. The van der Waals surface area contributed by atoms with E-state index in [1.165, 1.54) is 0 Å². The predicted molar refractivity (Wildman–Crippen MR) is 95.1 cm³/mol. The van der Waals surface area contributed by atoms with Crippen LogP contribution in [0, 0.1) is 6.92 Å². The van der Waals surface area contributed by atoms with Crippen LogP contribution in [0.5, 0.6) is 5.75 Å². The number of hydrogen-bond donors (Lipinski definition) is 0. The molecule has 6 heteroatoms. The van der Waals surface area contributed by atoms with Crippen molar-refractivity contribution < 1.29 is 9.53 Å². The van der Waals surface area contributed by atoms with Gasteiger partial charge in [0.1, 0.15) is 16.7 Å². The normalized spacial score (nSPS) is 14.6. The maximum Gasteiger partial charge on any atom is 0.257 e. The van der Waals surface area contributed by atoms with Crippen LogP contribution in [-0.4, -0.2) is 49.1 Å². The molecule has 1 aromatic heterocycles. The molecule has 5 nitrogen and oxygen atoms in total. The largest absolute Gasteiger partial charge is 0.496 e. The molecule has 1 aromatic carbocycles. The zero-order chi connectivity index (χ0) is 17.1. The molecule has 0 aliphatic carbocycles. The van der Waals surface area contributed by atoms with Gasteiger partial charge >= 0.3 is 0 Å². The number of anilines is 1. The number of carbonyl (C=O) groups is 1. The lowest BCUT2D eigenvalue weighted by Gasteiger charge is -2.35. The van der Waals surface area contributed by atoms with E-state index in [0.717, 1.165) is 24.5 Å². The number of piperazine rings is 1. The number of rotatable bonds is 3. The zero-order valence-electron chi connectivity index (χ0n) is 13.8. The van der Waals surface area contributed by atoms with Gasteiger partial charge in [-0.05, 0) is 31.2 Å². The summed E-state index contributed by atoms with van der Waals surface area (Å²) in [4.78, 5) is 21.2. The molecule has 0 radical (unpaired) electrons. The topological polar surface area (TPSA) is 45.7 Å². The van der Waals surface area contributed by atoms with Crippen molar-refractivity contribution in [3.05, 3.63) is 52.7 Å². The minimum Gasteiger partial charge on any atom is -0.496 e. The quantitative estimate of drug-likeness (QED) is 0.802. The van der Waals surface area contributed by atoms with Crippen LogP contribution in [0.25, 0.3) is 0 Å². The van der Waals surface area contributed by atoms with Crippen molar-refractivity contribution in [1.82, 2.24) is 9.88 Å². The van der Waals surface area contributed by atoms with Gasteiger partial charge in [-0.25, -0.2) is 4.98 Å². The lowest BCUT2D eigenvalue weighted by atomic mass is 10.1. The Bertz CT molecular complexity index is 743. The van der Waals surface area contributed by atoms with E-state index in [1.807, 2.05) is 42.2 Å². The molecule has 2 aromatic rings. The van der Waals surface area contributed by atoms with Crippen molar-refractivity contribution in [1.29, 1.82) is 0 Å². The zero-order valence-corrected chi connectivity index (χ0v) is 14.6. The summed E-state index contributed by atoms with van der Waals surface area (Å²) in [5, 5.41) is 0.482. The number of ether oxygens (including phenoxy) is 1. The highest BCUT2D eigenvalue weighted by molar-refractivity contribution is 6.29. The molecule has 0 spiro atoms. The van der Waals surface area contributed by atoms with E-state index in [9.17, 15) is 4.79 Å². The van der Waals surface area contributed by atoms with Gasteiger partial charge in [0, 0.05) is 26.2 Å². The standard InChI is InChI=1S/C18H20ClN3O2/c1-13-6-7-15(24-2)14(12-13)18(23)22-10-8-21(9-11-22)17-5-3-4-16(19)20-17/h3-7,12H,8-11H2,1-2H3. The molecule has 1 amide bonds. The van der Waals surface area contributed by atoms with Crippen molar-refractivity contribution >= 4 is 23.3 Å². The van der Waals surface area contributed by atoms with Gasteiger partial charge in [-0.15, -0.1) is 0 Å². The Morgan fingerprint density at radius 1 is 1.17 bits per heavy atom. The molecule has 24 heavy (non-hydrogen) atoms. The van der Waals surface area contributed by atoms with Crippen LogP contribution in [0.3, 0.4) is 0 Å². The van der Waals surface area contributed by atoms with Gasteiger partial charge in [-0.3, -0.25) is 4.79 Å². The molecular weight excluding hydrogens is 326 g/mol. The second-order valence-corrected chi connectivity index (χ2v) is 6.19. The molecule has 2 heterocycles. The van der Waals surface area contributed by atoms with Crippen LogP contribution in [-0.2, 0) is 0 Å². The summed E-state index contributed by atoms with van der Waals surface area (Å²) < 4.78 is 5.33. The second kappa shape index (κ2) is 7.09. The highest BCUT2D eigenvalue weighted by Gasteiger charge is 2.25. The second-order valence-electron chi connectivity index (χ2n) is 5.80. The lowest BCUT2D eigenvalue weighted by Crippen LogP contribution is -2.49. The van der Waals surface area contributed by atoms with Gasteiger partial charge in [0.15, 0.2) is 0 Å². The number of aryl methyl sites for hydroxylation is 1. The van der Waals surface area contributed by atoms with Gasteiger partial charge in [0.05, 0.1) is 12.7 Å². The number of pyridine rings is 1. The molecule has 1 aliphatic heterocycles. The molecular formula is C18H20ClN3O2. The van der Waals surface area contributed by atoms with Crippen molar-refractivity contribution in [2.45, 2.75) is 6.92 Å². The SMILES string of the molecule is COc1ccc(C)cc1C(=O)N1CCN(c2cccc(Cl)n2)CC1. The number of amides is 1. The van der Waals surface area contributed by atoms with Crippen LogP contribution in [0.2, 0.25) is 5.15 Å². The Labute approximate surface area is 146 Å². The summed E-state index contributed by atoms with van der Waals surface area (Å²) in [6.07, 6.45) is 0. The number of aromatic nitrogens is 1. The van der Waals surface area contributed by atoms with Gasteiger partial charge in [0.2, 0.25) is 0 Å². The molecule has 126 valence electrons. The van der Waals surface area contributed by atoms with E-state index in [2.05, 4.69) is 9.88 Å². The van der Waals surface area contributed by atoms with E-state index in [-0.39, 0.29) is 5.91 Å². The summed E-state index contributed by atoms with van der Waals surface area (Å²) in [6, 6.07) is 11.3. The summed E-state index contributed by atoms with van der Waals surface area (Å²) in [5.41, 5.74) is 1.66. The third-order valence-electron chi connectivity index (χ3n) is 4.18. The van der Waals surface area contributed by atoms with Crippen LogP contribution < -0.4 is 9.64 Å². The Hall–Kier alpha value is -2.27. The Balaban J connectivity index is 1.70. The third kappa shape index (κ3) is 3.46. The van der Waals surface area contributed by atoms with E-state index < -0.39 is 0 Å². The van der Waals surface area contributed by atoms with Gasteiger partial charge in [-0.1, -0.05) is 29.3 Å². The number of nitrogens with zero attached hydrogens (tertiary/aromatic N) is 3. The van der Waals surface area contributed by atoms with Crippen LogP contribution in [0.4, 0.5) is 5.82 Å². The number of halogens is 1. The molecule has 1 saturated heterocycles. The van der Waals surface area contributed by atoms with Crippen molar-refractivity contribution in [3.8, 4) is 5.75 Å². The molecule has 1 aliphatic rings. The van der Waals surface area contributed by atoms with Gasteiger partial charge in [-0.2, -0.15) is 0 Å².